The molecule has 1 N–H and O–H groups in total. The topological polar surface area (TPSA) is 129 Å². The van der Waals surface area contributed by atoms with Gasteiger partial charge in [0.15, 0.2) is 18.1 Å². The zero-order valence-electron chi connectivity index (χ0n) is 16.1. The van der Waals surface area contributed by atoms with Crippen LogP contribution in [-0.2, 0) is 20.7 Å². The number of esters is 1. The van der Waals surface area contributed by atoms with Crippen LogP contribution in [0.5, 0.6) is 11.5 Å². The standard InChI is InChI=1S/C19H18ClN3O7/c1-28-16-8-12(7-14(20)19(16)30-11-18(25)29-2)10-21-22-17(24)9-13-5-3-4-6-15(13)23(26)27/h3-8,10H,9,11H2,1-2H3,(H,22,24). The number of carbonyl (C=O) groups is 2. The molecule has 11 heteroatoms. The van der Waals surface area contributed by atoms with Gasteiger partial charge in [-0.25, -0.2) is 10.2 Å². The molecule has 0 aliphatic carbocycles. The summed E-state index contributed by atoms with van der Waals surface area (Å²) < 4.78 is 15.0. The number of hydrazone groups is 1. The molecular weight excluding hydrogens is 418 g/mol. The monoisotopic (exact) mass is 435 g/mol. The van der Waals surface area contributed by atoms with Crippen LogP contribution in [0, 0.1) is 10.1 Å². The van der Waals surface area contributed by atoms with Crippen LogP contribution in [0.1, 0.15) is 11.1 Å². The minimum absolute atomic E-state index is 0.143. The van der Waals surface area contributed by atoms with E-state index in [0.29, 0.717) is 5.56 Å². The molecule has 0 saturated heterocycles. The zero-order chi connectivity index (χ0) is 22.1. The Morgan fingerprint density at radius 2 is 2.00 bits per heavy atom. The molecule has 0 radical (unpaired) electrons. The van der Waals surface area contributed by atoms with Crippen LogP contribution in [-0.4, -0.2) is 43.8 Å². The van der Waals surface area contributed by atoms with Gasteiger partial charge in [-0.2, -0.15) is 5.10 Å². The van der Waals surface area contributed by atoms with E-state index in [-0.39, 0.29) is 40.8 Å². The summed E-state index contributed by atoms with van der Waals surface area (Å²) in [5.41, 5.74) is 2.90. The van der Waals surface area contributed by atoms with Crippen molar-refractivity contribution in [2.75, 3.05) is 20.8 Å². The fourth-order valence-corrected chi connectivity index (χ4v) is 2.65. The minimum Gasteiger partial charge on any atom is -0.493 e. The van der Waals surface area contributed by atoms with Crippen LogP contribution in [0.4, 0.5) is 5.69 Å². The fourth-order valence-electron chi connectivity index (χ4n) is 2.37. The number of nitrogens with zero attached hydrogens (tertiary/aromatic N) is 2. The van der Waals surface area contributed by atoms with Crippen LogP contribution >= 0.6 is 11.6 Å². The van der Waals surface area contributed by atoms with Crippen LogP contribution in [0.25, 0.3) is 0 Å². The first-order valence-electron chi connectivity index (χ1n) is 8.47. The Kier molecular flexibility index (Phi) is 8.12. The van der Waals surface area contributed by atoms with Crippen molar-refractivity contribution in [1.82, 2.24) is 5.43 Å². The molecule has 2 aromatic rings. The average molecular weight is 436 g/mol. The lowest BCUT2D eigenvalue weighted by molar-refractivity contribution is -0.385. The summed E-state index contributed by atoms with van der Waals surface area (Å²) in [5.74, 6) is -0.710. The Bertz CT molecular complexity index is 979. The van der Waals surface area contributed by atoms with Crippen molar-refractivity contribution in [2.45, 2.75) is 6.42 Å². The smallest absolute Gasteiger partial charge is 0.343 e. The van der Waals surface area contributed by atoms with E-state index in [2.05, 4.69) is 15.3 Å². The van der Waals surface area contributed by atoms with E-state index in [4.69, 9.17) is 21.1 Å². The molecule has 0 aliphatic rings. The molecule has 2 rings (SSSR count). The molecule has 0 spiro atoms. The third-order valence-electron chi connectivity index (χ3n) is 3.76. The molecule has 0 unspecified atom stereocenters. The molecule has 0 heterocycles. The predicted octanol–water partition coefficient (Wildman–Crippen LogP) is 2.50. The molecule has 10 nitrogen and oxygen atoms in total. The second-order valence-corrected chi connectivity index (χ2v) is 6.16. The minimum atomic E-state index is -0.583. The van der Waals surface area contributed by atoms with E-state index < -0.39 is 16.8 Å². The van der Waals surface area contributed by atoms with Gasteiger partial charge in [-0.3, -0.25) is 14.9 Å². The van der Waals surface area contributed by atoms with Gasteiger partial charge >= 0.3 is 5.97 Å². The second-order valence-electron chi connectivity index (χ2n) is 5.75. The number of benzene rings is 2. The van der Waals surface area contributed by atoms with Crippen molar-refractivity contribution in [3.8, 4) is 11.5 Å². The number of rotatable bonds is 9. The summed E-state index contributed by atoms with van der Waals surface area (Å²) in [6.45, 7) is -0.346. The van der Waals surface area contributed by atoms with Crippen molar-refractivity contribution < 1.29 is 28.7 Å². The predicted molar refractivity (Wildman–Crippen MR) is 108 cm³/mol. The van der Waals surface area contributed by atoms with Gasteiger partial charge < -0.3 is 14.2 Å². The lowest BCUT2D eigenvalue weighted by Crippen LogP contribution is -2.20. The second kappa shape index (κ2) is 10.8. The number of methoxy groups -OCH3 is 2. The molecule has 0 saturated carbocycles. The van der Waals surface area contributed by atoms with Crippen molar-refractivity contribution in [3.05, 3.63) is 62.7 Å². The van der Waals surface area contributed by atoms with Gasteiger partial charge in [-0.05, 0) is 17.7 Å². The molecule has 2 aromatic carbocycles. The van der Waals surface area contributed by atoms with Gasteiger partial charge in [0, 0.05) is 11.6 Å². The molecular formula is C19H18ClN3O7. The first kappa shape index (κ1) is 22.6. The highest BCUT2D eigenvalue weighted by Crippen LogP contribution is 2.36. The Morgan fingerprint density at radius 1 is 1.27 bits per heavy atom. The average Bonchev–Trinajstić information content (AvgIpc) is 2.72. The fraction of sp³-hybridized carbons (Fsp3) is 0.211. The SMILES string of the molecule is COC(=O)COc1c(Cl)cc(C=NNC(=O)Cc2ccccc2[N+](=O)[O-])cc1OC. The molecule has 30 heavy (non-hydrogen) atoms. The Morgan fingerprint density at radius 3 is 2.67 bits per heavy atom. The lowest BCUT2D eigenvalue weighted by atomic mass is 10.1. The first-order chi connectivity index (χ1) is 14.3. The number of para-hydroxylation sites is 1. The Hall–Kier alpha value is -3.66. The summed E-state index contributed by atoms with van der Waals surface area (Å²) in [5, 5.41) is 15.0. The largest absolute Gasteiger partial charge is 0.493 e. The number of carbonyl (C=O) groups excluding carboxylic acids is 2. The van der Waals surface area contributed by atoms with Crippen molar-refractivity contribution in [3.63, 3.8) is 0 Å². The van der Waals surface area contributed by atoms with Crippen molar-refractivity contribution >= 4 is 35.4 Å². The maximum atomic E-state index is 12.0. The van der Waals surface area contributed by atoms with E-state index in [1.807, 2.05) is 0 Å². The number of nitro benzene ring substituents is 1. The quantitative estimate of drug-likeness (QED) is 0.277. The van der Waals surface area contributed by atoms with Crippen LogP contribution in [0.2, 0.25) is 5.02 Å². The van der Waals surface area contributed by atoms with Gasteiger partial charge in [0.25, 0.3) is 5.69 Å². The van der Waals surface area contributed by atoms with Crippen molar-refractivity contribution in [2.24, 2.45) is 5.10 Å². The molecule has 0 bridgehead atoms. The van der Waals surface area contributed by atoms with E-state index in [1.54, 1.807) is 6.07 Å². The number of halogens is 1. The maximum Gasteiger partial charge on any atom is 0.343 e. The number of nitrogens with one attached hydrogen (secondary N) is 1. The number of nitro groups is 1. The number of hydrogen-bond acceptors (Lipinski definition) is 8. The molecule has 0 aromatic heterocycles. The highest BCUT2D eigenvalue weighted by molar-refractivity contribution is 6.32. The number of amides is 1. The van der Waals surface area contributed by atoms with Crippen LogP contribution in [0.15, 0.2) is 41.5 Å². The van der Waals surface area contributed by atoms with Gasteiger partial charge in [0.05, 0.1) is 36.8 Å². The van der Waals surface area contributed by atoms with Gasteiger partial charge in [-0.15, -0.1) is 0 Å². The highest BCUT2D eigenvalue weighted by Gasteiger charge is 2.16. The Balaban J connectivity index is 2.05. The van der Waals surface area contributed by atoms with E-state index >= 15 is 0 Å². The van der Waals surface area contributed by atoms with Crippen LogP contribution < -0.4 is 14.9 Å². The normalized spacial score (nSPS) is 10.5. The molecule has 0 fully saturated rings. The van der Waals surface area contributed by atoms with Gasteiger partial charge in [-0.1, -0.05) is 29.8 Å². The zero-order valence-corrected chi connectivity index (χ0v) is 16.8. The molecule has 1 amide bonds. The summed E-state index contributed by atoms with van der Waals surface area (Å²) in [7, 11) is 2.63. The summed E-state index contributed by atoms with van der Waals surface area (Å²) in [6, 6.07) is 8.98. The van der Waals surface area contributed by atoms with E-state index in [9.17, 15) is 19.7 Å². The molecule has 0 aliphatic heterocycles. The summed E-state index contributed by atoms with van der Waals surface area (Å²) >= 11 is 6.17. The van der Waals surface area contributed by atoms with Crippen molar-refractivity contribution in [1.29, 1.82) is 0 Å². The van der Waals surface area contributed by atoms with Crippen LogP contribution in [0.3, 0.4) is 0 Å². The third-order valence-corrected chi connectivity index (χ3v) is 4.04. The number of ether oxygens (including phenoxy) is 3. The first-order valence-corrected chi connectivity index (χ1v) is 8.84. The third kappa shape index (κ3) is 6.17. The lowest BCUT2D eigenvalue weighted by Gasteiger charge is -2.12. The summed E-state index contributed by atoms with van der Waals surface area (Å²) in [4.78, 5) is 33.7. The van der Waals surface area contributed by atoms with Gasteiger partial charge in [0.2, 0.25) is 5.91 Å². The molecule has 0 atom stereocenters. The van der Waals surface area contributed by atoms with E-state index in [1.165, 1.54) is 50.8 Å². The Labute approximate surface area is 176 Å². The van der Waals surface area contributed by atoms with Gasteiger partial charge in [0.1, 0.15) is 0 Å². The summed E-state index contributed by atoms with van der Waals surface area (Å²) in [6.07, 6.45) is 1.11. The maximum absolute atomic E-state index is 12.0. The van der Waals surface area contributed by atoms with E-state index in [0.717, 1.165) is 0 Å². The highest BCUT2D eigenvalue weighted by atomic mass is 35.5. The number of hydrogen-bond donors (Lipinski definition) is 1. The molecule has 158 valence electrons.